The number of ether oxygens (including phenoxy) is 4. The second kappa shape index (κ2) is 31.8. The fourth-order valence-corrected chi connectivity index (χ4v) is 5.03. The Morgan fingerprint density at radius 1 is 0.783 bits per heavy atom. The van der Waals surface area contributed by atoms with Crippen LogP contribution in [-0.4, -0.2) is 84.9 Å². The van der Waals surface area contributed by atoms with E-state index in [0.29, 0.717) is 57.5 Å². The molecule has 2 heterocycles. The van der Waals surface area contributed by atoms with Crippen LogP contribution in [0.2, 0.25) is 0 Å². The maximum atomic E-state index is 11.4. The predicted octanol–water partition coefficient (Wildman–Crippen LogP) is 5.96. The molecule has 264 valence electrons. The quantitative estimate of drug-likeness (QED) is 0.106. The van der Waals surface area contributed by atoms with E-state index in [2.05, 4.69) is 0 Å². The molecule has 12 heteroatoms. The van der Waals surface area contributed by atoms with Crippen molar-refractivity contribution < 1.29 is 72.6 Å². The van der Waals surface area contributed by atoms with Crippen LogP contribution in [0.15, 0.2) is 0 Å². The van der Waals surface area contributed by atoms with E-state index < -0.39 is 18.4 Å². The Kier molecular flexibility index (Phi) is 32.1. The number of ketones is 2. The molecule has 4 aliphatic rings. The first-order valence-corrected chi connectivity index (χ1v) is 16.9. The molecule has 0 radical (unpaired) electrons. The number of fused-ring (bicyclic) bond motifs is 1. The SMILES string of the molecule is C1CCC2OC2C1.C=O.CC(=O)CCCCCO.CC(=O)CCCCCOC(=O)OC1CCCCC1O.O=C1CCCCCO1.[Zn]. The fraction of sp³-hybridized carbons (Fsp3) is 0.853. The minimum absolute atomic E-state index is 0. The van der Waals surface area contributed by atoms with Gasteiger partial charge in [0.15, 0.2) is 0 Å². The van der Waals surface area contributed by atoms with Crippen LogP contribution in [0.25, 0.3) is 0 Å². The molecule has 0 aromatic heterocycles. The summed E-state index contributed by atoms with van der Waals surface area (Å²) in [6, 6.07) is 0. The van der Waals surface area contributed by atoms with E-state index >= 15 is 0 Å². The van der Waals surface area contributed by atoms with Crippen molar-refractivity contribution in [3.8, 4) is 0 Å². The predicted molar refractivity (Wildman–Crippen MR) is 170 cm³/mol. The smallest absolute Gasteiger partial charge is 0.466 e. The van der Waals surface area contributed by atoms with Crippen LogP contribution in [-0.2, 0) is 57.6 Å². The van der Waals surface area contributed by atoms with Crippen LogP contribution in [0.4, 0.5) is 4.79 Å². The molecule has 0 amide bonds. The molecule has 0 aromatic carbocycles. The molecule has 0 spiro atoms. The number of unbranched alkanes of at least 4 members (excludes halogenated alkanes) is 4. The molecule has 4 rings (SSSR count). The van der Waals surface area contributed by atoms with Gasteiger partial charge in [-0.1, -0.05) is 25.7 Å². The normalized spacial score (nSPS) is 22.5. The number of aliphatic hydroxyl groups is 2. The molecular weight excluding hydrogens is 650 g/mol. The molecule has 4 fully saturated rings. The number of rotatable bonds is 12. The van der Waals surface area contributed by atoms with Crippen LogP contribution in [0.1, 0.15) is 142 Å². The molecule has 0 aromatic rings. The third-order valence-electron chi connectivity index (χ3n) is 7.70. The van der Waals surface area contributed by atoms with Crippen molar-refractivity contribution in [2.75, 3.05) is 19.8 Å². The van der Waals surface area contributed by atoms with Crippen LogP contribution < -0.4 is 0 Å². The number of hydrogen-bond acceptors (Lipinski definition) is 11. The molecule has 0 bridgehead atoms. The van der Waals surface area contributed by atoms with Crippen LogP contribution in [0, 0.1) is 0 Å². The van der Waals surface area contributed by atoms with Crippen LogP contribution in [0.5, 0.6) is 0 Å². The van der Waals surface area contributed by atoms with E-state index in [1.165, 1.54) is 25.7 Å². The van der Waals surface area contributed by atoms with Crippen molar-refractivity contribution >= 4 is 30.5 Å². The van der Waals surface area contributed by atoms with Gasteiger partial charge in [-0.3, -0.25) is 4.79 Å². The van der Waals surface area contributed by atoms with Gasteiger partial charge < -0.3 is 43.5 Å². The fourth-order valence-electron chi connectivity index (χ4n) is 5.03. The Labute approximate surface area is 289 Å². The maximum absolute atomic E-state index is 11.4. The van der Waals surface area contributed by atoms with Gasteiger partial charge in [-0.05, 0) is 97.3 Å². The Morgan fingerprint density at radius 3 is 1.89 bits per heavy atom. The zero-order chi connectivity index (χ0) is 33.7. The average molecular weight is 710 g/mol. The van der Waals surface area contributed by atoms with E-state index in [4.69, 9.17) is 28.8 Å². The number of esters is 1. The molecule has 4 atom stereocenters. The van der Waals surface area contributed by atoms with Crippen LogP contribution >= 0.6 is 0 Å². The summed E-state index contributed by atoms with van der Waals surface area (Å²) < 4.78 is 20.1. The van der Waals surface area contributed by atoms with E-state index in [1.54, 1.807) is 13.8 Å². The second-order valence-corrected chi connectivity index (χ2v) is 11.9. The summed E-state index contributed by atoms with van der Waals surface area (Å²) in [5.41, 5.74) is 0. The van der Waals surface area contributed by atoms with Crippen molar-refractivity contribution in [2.45, 2.75) is 167 Å². The third-order valence-corrected chi connectivity index (χ3v) is 7.70. The maximum Gasteiger partial charge on any atom is 0.508 e. The van der Waals surface area contributed by atoms with E-state index in [9.17, 15) is 24.3 Å². The largest absolute Gasteiger partial charge is 0.508 e. The molecule has 2 N–H and O–H groups in total. The second-order valence-electron chi connectivity index (χ2n) is 11.9. The molecule has 2 saturated carbocycles. The monoisotopic (exact) mass is 708 g/mol. The standard InChI is InChI=1S/C14H24O5.C7H14O2.C6H10O2.C6H10O.CH2O.Zn/c1-11(15)7-3-2-6-10-18-14(17)19-13-9-5-4-8-12(13)16;1-7(9)5-3-2-4-6-8;7-6-4-2-1-3-5-8-6;1-2-4-6-5(3-1)7-6;1-2;/h12-13,16H,2-10H2,1H3;8H,2-6H2,1H3;1-5H2;5-6H,1-4H2;1H2;. The molecule has 2 aliphatic carbocycles. The number of Topliss-reactive ketones (excluding diaryl/α,β-unsaturated/α-hetero) is 2. The van der Waals surface area contributed by atoms with Crippen molar-refractivity contribution in [1.82, 2.24) is 0 Å². The zero-order valence-corrected chi connectivity index (χ0v) is 31.5. The number of carbonyl (C=O) groups excluding carboxylic acids is 5. The van der Waals surface area contributed by atoms with Crippen molar-refractivity contribution in [1.29, 1.82) is 0 Å². The van der Waals surface area contributed by atoms with Crippen molar-refractivity contribution in [3.63, 3.8) is 0 Å². The Hall–Kier alpha value is -1.75. The zero-order valence-electron chi connectivity index (χ0n) is 28.6. The Bertz CT molecular complexity index is 775. The van der Waals surface area contributed by atoms with Gasteiger partial charge in [0.2, 0.25) is 0 Å². The van der Waals surface area contributed by atoms with Gasteiger partial charge in [0.25, 0.3) is 0 Å². The van der Waals surface area contributed by atoms with E-state index in [-0.39, 0.29) is 43.6 Å². The van der Waals surface area contributed by atoms with Crippen LogP contribution in [0.3, 0.4) is 0 Å². The van der Waals surface area contributed by atoms with Crippen molar-refractivity contribution in [3.05, 3.63) is 0 Å². The van der Waals surface area contributed by atoms with Crippen molar-refractivity contribution in [2.24, 2.45) is 0 Å². The van der Waals surface area contributed by atoms with Gasteiger partial charge in [0, 0.05) is 45.3 Å². The van der Waals surface area contributed by atoms with Gasteiger partial charge in [-0.2, -0.15) is 0 Å². The first kappa shape index (κ1) is 46.4. The Balaban J connectivity index is 0. The Morgan fingerprint density at radius 2 is 1.35 bits per heavy atom. The first-order valence-electron chi connectivity index (χ1n) is 16.9. The summed E-state index contributed by atoms with van der Waals surface area (Å²) in [6.45, 7) is 6.36. The topological polar surface area (TPSA) is 166 Å². The van der Waals surface area contributed by atoms with Gasteiger partial charge in [0.05, 0.1) is 31.5 Å². The summed E-state index contributed by atoms with van der Waals surface area (Å²) in [5, 5.41) is 18.0. The number of cyclic esters (lactones) is 1. The number of epoxide rings is 1. The summed E-state index contributed by atoms with van der Waals surface area (Å²) in [4.78, 5) is 50.9. The third kappa shape index (κ3) is 28.5. The van der Waals surface area contributed by atoms with Gasteiger partial charge in [-0.25, -0.2) is 4.79 Å². The molecule has 4 unspecified atom stereocenters. The number of carbonyl (C=O) groups is 5. The average Bonchev–Trinajstić information content (AvgIpc) is 3.85. The number of hydrogen-bond donors (Lipinski definition) is 2. The summed E-state index contributed by atoms with van der Waals surface area (Å²) >= 11 is 0. The summed E-state index contributed by atoms with van der Waals surface area (Å²) in [5.74, 6) is 0.405. The van der Waals surface area contributed by atoms with E-state index in [0.717, 1.165) is 70.6 Å². The summed E-state index contributed by atoms with van der Waals surface area (Å²) in [6.07, 6.45) is 18.8. The first-order chi connectivity index (χ1) is 21.7. The molecule has 2 saturated heterocycles. The van der Waals surface area contributed by atoms with Gasteiger partial charge in [0.1, 0.15) is 24.5 Å². The number of aliphatic hydroxyl groups excluding tert-OH is 2. The molecule has 11 nitrogen and oxygen atoms in total. The van der Waals surface area contributed by atoms with E-state index in [1.807, 2.05) is 6.79 Å². The minimum atomic E-state index is -0.697. The van der Waals surface area contributed by atoms with Gasteiger partial charge >= 0.3 is 12.1 Å². The molecular formula is C34H60O11Zn. The van der Waals surface area contributed by atoms with Gasteiger partial charge in [-0.15, -0.1) is 0 Å². The molecule has 2 aliphatic heterocycles. The molecule has 46 heavy (non-hydrogen) atoms. The minimum Gasteiger partial charge on any atom is -0.466 e. The summed E-state index contributed by atoms with van der Waals surface area (Å²) in [7, 11) is 0.